The number of nitrogens with zero attached hydrogens (tertiary/aromatic N) is 1. The minimum Gasteiger partial charge on any atom is -0.496 e. The number of rotatable bonds is 7. The Morgan fingerprint density at radius 2 is 1.71 bits per heavy atom. The largest absolute Gasteiger partial charge is 0.496 e. The molecule has 34 heavy (non-hydrogen) atoms. The lowest BCUT2D eigenvalue weighted by Crippen LogP contribution is -2.31. The highest BCUT2D eigenvalue weighted by molar-refractivity contribution is 7.92. The maximum absolute atomic E-state index is 13.4. The highest BCUT2D eigenvalue weighted by atomic mass is 32.2. The number of anilines is 2. The summed E-state index contributed by atoms with van der Waals surface area (Å²) < 4.78 is 38.6. The Balaban J connectivity index is 1.56. The van der Waals surface area contributed by atoms with E-state index in [0.717, 1.165) is 5.56 Å². The van der Waals surface area contributed by atoms with Crippen LogP contribution in [0.15, 0.2) is 77.7 Å². The first-order valence-corrected chi connectivity index (χ1v) is 12.1. The Hall–Kier alpha value is -3.85. The molecule has 0 aromatic heterocycles. The van der Waals surface area contributed by atoms with E-state index in [9.17, 15) is 18.0 Å². The van der Waals surface area contributed by atoms with E-state index in [1.54, 1.807) is 36.4 Å². The first kappa shape index (κ1) is 23.3. The molecule has 3 aromatic rings. The van der Waals surface area contributed by atoms with Crippen LogP contribution in [-0.2, 0) is 26.0 Å². The number of amides is 1. The number of esters is 1. The van der Waals surface area contributed by atoms with Crippen LogP contribution < -0.4 is 14.4 Å². The Bertz CT molecular complexity index is 1320. The molecule has 1 heterocycles. The highest BCUT2D eigenvalue weighted by Gasteiger charge is 2.32. The van der Waals surface area contributed by atoms with Crippen LogP contribution in [0.4, 0.5) is 11.4 Å². The van der Waals surface area contributed by atoms with E-state index in [0.29, 0.717) is 24.3 Å². The topological polar surface area (TPSA) is 102 Å². The zero-order chi connectivity index (χ0) is 24.3. The third-order valence-corrected chi connectivity index (χ3v) is 7.33. The van der Waals surface area contributed by atoms with Crippen molar-refractivity contribution in [2.45, 2.75) is 24.3 Å². The number of nitrogens with one attached hydrogen (secondary N) is 1. The minimum atomic E-state index is -3.93. The quantitative estimate of drug-likeness (QED) is 0.518. The lowest BCUT2D eigenvalue weighted by Gasteiger charge is -2.20. The van der Waals surface area contributed by atoms with Crippen molar-refractivity contribution < 1.29 is 27.5 Å². The summed E-state index contributed by atoms with van der Waals surface area (Å²) in [5.41, 5.74) is 2.04. The van der Waals surface area contributed by atoms with Gasteiger partial charge in [0.2, 0.25) is 0 Å². The molecule has 9 heteroatoms. The molecule has 0 saturated heterocycles. The van der Waals surface area contributed by atoms with Gasteiger partial charge in [0.05, 0.1) is 17.7 Å². The normalized spacial score (nSPS) is 13.6. The number of para-hydroxylation sites is 2. The zero-order valence-corrected chi connectivity index (χ0v) is 19.5. The number of benzene rings is 3. The number of sulfonamides is 1. The van der Waals surface area contributed by atoms with Crippen molar-refractivity contribution in [3.05, 3.63) is 83.9 Å². The van der Waals surface area contributed by atoms with E-state index in [4.69, 9.17) is 9.47 Å². The van der Waals surface area contributed by atoms with Crippen molar-refractivity contribution >= 4 is 33.3 Å². The van der Waals surface area contributed by atoms with E-state index < -0.39 is 28.0 Å². The van der Waals surface area contributed by atoms with Crippen LogP contribution in [0, 0.1) is 0 Å². The van der Waals surface area contributed by atoms with Gasteiger partial charge in [0.25, 0.3) is 15.9 Å². The van der Waals surface area contributed by atoms with Gasteiger partial charge in [-0.2, -0.15) is 0 Å². The molecule has 1 amide bonds. The Labute approximate surface area is 198 Å². The first-order valence-electron chi connectivity index (χ1n) is 10.7. The lowest BCUT2D eigenvalue weighted by atomic mass is 10.2. The molecule has 1 N–H and O–H groups in total. The van der Waals surface area contributed by atoms with Gasteiger partial charge in [0.1, 0.15) is 11.3 Å². The number of hydrogen-bond donors (Lipinski definition) is 1. The minimum absolute atomic E-state index is 0.0710. The molecule has 3 aromatic carbocycles. The maximum Gasteiger partial charge on any atom is 0.342 e. The predicted molar refractivity (Wildman–Crippen MR) is 128 cm³/mol. The second-order valence-corrected chi connectivity index (χ2v) is 9.58. The van der Waals surface area contributed by atoms with Crippen molar-refractivity contribution in [1.29, 1.82) is 0 Å². The summed E-state index contributed by atoms with van der Waals surface area (Å²) in [6.45, 7) is 1.74. The molecule has 0 spiro atoms. The molecule has 0 fully saturated rings. The van der Waals surface area contributed by atoms with E-state index in [1.165, 1.54) is 36.5 Å². The maximum atomic E-state index is 13.4. The molecule has 8 nitrogen and oxygen atoms in total. The van der Waals surface area contributed by atoms with Crippen molar-refractivity contribution in [2.75, 3.05) is 23.3 Å². The molecule has 1 atom stereocenters. The molecule has 1 aliphatic heterocycles. The van der Waals surface area contributed by atoms with Gasteiger partial charge in [-0.3, -0.25) is 9.10 Å². The SMILES string of the molecule is COc1ccc(S(=O)(=O)N2CCc3ccccc32)cc1C(=O)OC(C)C(=O)Nc1ccccc1. The predicted octanol–water partition coefficient (Wildman–Crippen LogP) is 3.63. The van der Waals surface area contributed by atoms with Crippen molar-refractivity contribution in [2.24, 2.45) is 0 Å². The Kier molecular flexibility index (Phi) is 6.56. The molecule has 0 bridgehead atoms. The summed E-state index contributed by atoms with van der Waals surface area (Å²) in [7, 11) is -2.56. The molecular weight excluding hydrogens is 456 g/mol. The second kappa shape index (κ2) is 9.56. The number of carbonyl (C=O) groups is 2. The molecule has 0 saturated carbocycles. The van der Waals surface area contributed by atoms with Gasteiger partial charge in [-0.05, 0) is 55.3 Å². The highest BCUT2D eigenvalue weighted by Crippen LogP contribution is 2.34. The number of fused-ring (bicyclic) bond motifs is 1. The smallest absolute Gasteiger partial charge is 0.342 e. The zero-order valence-electron chi connectivity index (χ0n) is 18.7. The third-order valence-electron chi connectivity index (χ3n) is 5.52. The fourth-order valence-electron chi connectivity index (χ4n) is 3.73. The molecule has 1 unspecified atom stereocenters. The standard InChI is InChI=1S/C25H24N2O6S/c1-17(24(28)26-19-9-4-3-5-10-19)33-25(29)21-16-20(12-13-23(21)32-2)34(30,31)27-15-14-18-8-6-7-11-22(18)27/h3-13,16-17H,14-15H2,1-2H3,(H,26,28). The van der Waals surface area contributed by atoms with Crippen molar-refractivity contribution in [1.82, 2.24) is 0 Å². The van der Waals surface area contributed by atoms with Gasteiger partial charge in [-0.1, -0.05) is 36.4 Å². The van der Waals surface area contributed by atoms with Crippen LogP contribution in [0.2, 0.25) is 0 Å². The molecule has 1 aliphatic rings. The first-order chi connectivity index (χ1) is 16.3. The average molecular weight is 481 g/mol. The Morgan fingerprint density at radius 1 is 1.00 bits per heavy atom. The van der Waals surface area contributed by atoms with E-state index >= 15 is 0 Å². The third kappa shape index (κ3) is 4.60. The number of methoxy groups -OCH3 is 1. The molecular formula is C25H24N2O6S. The van der Waals surface area contributed by atoms with Gasteiger partial charge in [-0.25, -0.2) is 13.2 Å². The molecule has 176 valence electrons. The van der Waals surface area contributed by atoms with Crippen LogP contribution >= 0.6 is 0 Å². The number of ether oxygens (including phenoxy) is 2. The summed E-state index contributed by atoms with van der Waals surface area (Å²) in [4.78, 5) is 25.3. The van der Waals surface area contributed by atoms with Gasteiger partial charge in [0, 0.05) is 12.2 Å². The number of hydrogen-bond acceptors (Lipinski definition) is 6. The fraction of sp³-hybridized carbons (Fsp3) is 0.200. The van der Waals surface area contributed by atoms with Crippen LogP contribution in [0.5, 0.6) is 5.75 Å². The summed E-state index contributed by atoms with van der Waals surface area (Å²) in [5, 5.41) is 2.66. The summed E-state index contributed by atoms with van der Waals surface area (Å²) in [5.74, 6) is -1.25. The van der Waals surface area contributed by atoms with Gasteiger partial charge >= 0.3 is 5.97 Å². The van der Waals surface area contributed by atoms with Crippen LogP contribution in [-0.4, -0.2) is 40.1 Å². The van der Waals surface area contributed by atoms with Crippen LogP contribution in [0.25, 0.3) is 0 Å². The van der Waals surface area contributed by atoms with Gasteiger partial charge in [-0.15, -0.1) is 0 Å². The molecule has 0 aliphatic carbocycles. The Morgan fingerprint density at radius 3 is 2.44 bits per heavy atom. The van der Waals surface area contributed by atoms with Gasteiger partial charge < -0.3 is 14.8 Å². The van der Waals surface area contributed by atoms with Crippen LogP contribution in [0.1, 0.15) is 22.8 Å². The van der Waals surface area contributed by atoms with Crippen molar-refractivity contribution in [3.63, 3.8) is 0 Å². The average Bonchev–Trinajstić information content (AvgIpc) is 3.29. The van der Waals surface area contributed by atoms with Crippen molar-refractivity contribution in [3.8, 4) is 5.75 Å². The van der Waals surface area contributed by atoms with E-state index in [1.807, 2.05) is 18.2 Å². The van der Waals surface area contributed by atoms with Crippen LogP contribution in [0.3, 0.4) is 0 Å². The summed E-state index contributed by atoms with van der Waals surface area (Å²) in [6.07, 6.45) is -0.516. The molecule has 4 rings (SSSR count). The lowest BCUT2D eigenvalue weighted by molar-refractivity contribution is -0.123. The fourth-order valence-corrected chi connectivity index (χ4v) is 5.26. The summed E-state index contributed by atoms with van der Waals surface area (Å²) >= 11 is 0. The van der Waals surface area contributed by atoms with E-state index in [-0.39, 0.29) is 16.2 Å². The monoisotopic (exact) mass is 480 g/mol. The van der Waals surface area contributed by atoms with E-state index in [2.05, 4.69) is 5.32 Å². The second-order valence-electron chi connectivity index (χ2n) is 7.72. The van der Waals surface area contributed by atoms with Gasteiger partial charge in [0.15, 0.2) is 6.10 Å². The number of carbonyl (C=O) groups excluding carboxylic acids is 2. The molecule has 0 radical (unpaired) electrons. The summed E-state index contributed by atoms with van der Waals surface area (Å²) in [6, 6.07) is 20.1.